The van der Waals surface area contributed by atoms with Crippen molar-refractivity contribution in [3.63, 3.8) is 0 Å². The molecule has 1 saturated carbocycles. The first kappa shape index (κ1) is 11.2. The summed E-state index contributed by atoms with van der Waals surface area (Å²) in [5, 5.41) is 0. The van der Waals surface area contributed by atoms with Gasteiger partial charge in [0.2, 0.25) is 5.88 Å². The molecule has 1 heterocycles. The quantitative estimate of drug-likeness (QED) is 0.838. The average molecular weight is 222 g/mol. The lowest BCUT2D eigenvalue weighted by molar-refractivity contribution is 0.231. The van der Waals surface area contributed by atoms with Crippen LogP contribution in [0.5, 0.6) is 11.6 Å². The zero-order valence-electron chi connectivity index (χ0n) is 9.82. The molecule has 4 heteroatoms. The van der Waals surface area contributed by atoms with Crippen molar-refractivity contribution in [1.29, 1.82) is 0 Å². The molecule has 1 aromatic heterocycles. The fourth-order valence-electron chi connectivity index (χ4n) is 2.40. The molecule has 2 rings (SSSR count). The molecular formula is C12H18N2O2. The van der Waals surface area contributed by atoms with Crippen molar-refractivity contribution >= 4 is 0 Å². The van der Waals surface area contributed by atoms with Crippen molar-refractivity contribution in [2.75, 3.05) is 20.8 Å². The molecule has 0 spiro atoms. The minimum atomic E-state index is 0.00491. The summed E-state index contributed by atoms with van der Waals surface area (Å²) in [4.78, 5) is 4.24. The van der Waals surface area contributed by atoms with Gasteiger partial charge in [-0.25, -0.2) is 4.98 Å². The van der Waals surface area contributed by atoms with Crippen molar-refractivity contribution < 1.29 is 9.47 Å². The summed E-state index contributed by atoms with van der Waals surface area (Å²) in [5.41, 5.74) is 6.95. The molecule has 0 atom stereocenters. The third kappa shape index (κ3) is 1.53. The highest BCUT2D eigenvalue weighted by atomic mass is 16.5. The van der Waals surface area contributed by atoms with E-state index in [2.05, 4.69) is 4.98 Å². The molecule has 4 nitrogen and oxygen atoms in total. The van der Waals surface area contributed by atoms with Gasteiger partial charge < -0.3 is 15.2 Å². The van der Waals surface area contributed by atoms with Crippen molar-refractivity contribution in [1.82, 2.24) is 4.98 Å². The lowest BCUT2D eigenvalue weighted by atomic mass is 9.64. The minimum absolute atomic E-state index is 0.00491. The molecule has 1 aromatic rings. The van der Waals surface area contributed by atoms with E-state index in [0.29, 0.717) is 12.4 Å². The van der Waals surface area contributed by atoms with E-state index in [0.717, 1.165) is 24.2 Å². The minimum Gasteiger partial charge on any atom is -0.496 e. The van der Waals surface area contributed by atoms with E-state index in [-0.39, 0.29) is 5.41 Å². The molecule has 0 bridgehead atoms. The van der Waals surface area contributed by atoms with Crippen LogP contribution < -0.4 is 15.2 Å². The fraction of sp³-hybridized carbons (Fsp3) is 0.583. The van der Waals surface area contributed by atoms with Gasteiger partial charge in [-0.05, 0) is 18.9 Å². The number of ether oxygens (including phenoxy) is 2. The van der Waals surface area contributed by atoms with Crippen LogP contribution in [0.4, 0.5) is 0 Å². The van der Waals surface area contributed by atoms with Gasteiger partial charge in [0.05, 0.1) is 19.8 Å². The van der Waals surface area contributed by atoms with E-state index in [1.54, 1.807) is 20.4 Å². The van der Waals surface area contributed by atoms with Gasteiger partial charge in [-0.15, -0.1) is 0 Å². The third-order valence-electron chi connectivity index (χ3n) is 3.52. The Morgan fingerprint density at radius 3 is 2.56 bits per heavy atom. The van der Waals surface area contributed by atoms with E-state index >= 15 is 0 Å². The first-order valence-electron chi connectivity index (χ1n) is 5.55. The monoisotopic (exact) mass is 222 g/mol. The maximum absolute atomic E-state index is 5.91. The molecule has 88 valence electrons. The molecule has 1 aliphatic carbocycles. The summed E-state index contributed by atoms with van der Waals surface area (Å²) in [6.07, 6.45) is 5.08. The van der Waals surface area contributed by atoms with E-state index in [4.69, 9.17) is 15.2 Å². The van der Waals surface area contributed by atoms with Gasteiger partial charge in [0, 0.05) is 18.2 Å². The summed E-state index contributed by atoms with van der Waals surface area (Å²) >= 11 is 0. The molecule has 0 saturated heterocycles. The zero-order valence-corrected chi connectivity index (χ0v) is 9.82. The highest BCUT2D eigenvalue weighted by molar-refractivity contribution is 5.47. The topological polar surface area (TPSA) is 57.4 Å². The number of nitrogens with zero attached hydrogens (tertiary/aromatic N) is 1. The van der Waals surface area contributed by atoms with Crippen LogP contribution in [0.15, 0.2) is 12.3 Å². The van der Waals surface area contributed by atoms with Gasteiger partial charge in [0.15, 0.2) is 0 Å². The Hall–Kier alpha value is -1.29. The number of aromatic nitrogens is 1. The van der Waals surface area contributed by atoms with Crippen molar-refractivity contribution in [2.24, 2.45) is 5.73 Å². The van der Waals surface area contributed by atoms with E-state index in [9.17, 15) is 0 Å². The Morgan fingerprint density at radius 1 is 1.38 bits per heavy atom. The van der Waals surface area contributed by atoms with E-state index in [1.165, 1.54) is 6.42 Å². The highest BCUT2D eigenvalue weighted by Gasteiger charge is 2.42. The molecule has 0 amide bonds. The number of rotatable bonds is 4. The normalized spacial score (nSPS) is 17.7. The van der Waals surface area contributed by atoms with E-state index in [1.807, 2.05) is 6.07 Å². The molecule has 1 aliphatic rings. The number of pyridine rings is 1. The maximum Gasteiger partial charge on any atom is 0.220 e. The number of hydrogen-bond donors (Lipinski definition) is 1. The highest BCUT2D eigenvalue weighted by Crippen LogP contribution is 2.49. The van der Waals surface area contributed by atoms with Crippen molar-refractivity contribution in [3.05, 3.63) is 17.8 Å². The predicted octanol–water partition coefficient (Wildman–Crippen LogP) is 1.48. The summed E-state index contributed by atoms with van der Waals surface area (Å²) in [6.45, 7) is 0.616. The Kier molecular flexibility index (Phi) is 3.01. The van der Waals surface area contributed by atoms with Crippen LogP contribution >= 0.6 is 0 Å². The lowest BCUT2D eigenvalue weighted by Gasteiger charge is -2.42. The first-order chi connectivity index (χ1) is 7.77. The predicted molar refractivity (Wildman–Crippen MR) is 61.9 cm³/mol. The fourth-order valence-corrected chi connectivity index (χ4v) is 2.40. The second-order valence-corrected chi connectivity index (χ2v) is 4.24. The number of nitrogens with two attached hydrogens (primary N) is 1. The van der Waals surface area contributed by atoms with Crippen LogP contribution in [0.1, 0.15) is 24.8 Å². The van der Waals surface area contributed by atoms with Crippen LogP contribution in [0.2, 0.25) is 0 Å². The van der Waals surface area contributed by atoms with Crippen LogP contribution in [0, 0.1) is 0 Å². The number of hydrogen-bond acceptors (Lipinski definition) is 4. The second-order valence-electron chi connectivity index (χ2n) is 4.24. The van der Waals surface area contributed by atoms with Crippen LogP contribution in [-0.4, -0.2) is 25.7 Å². The van der Waals surface area contributed by atoms with Crippen molar-refractivity contribution in [2.45, 2.75) is 24.7 Å². The van der Waals surface area contributed by atoms with Gasteiger partial charge in [-0.1, -0.05) is 6.42 Å². The first-order valence-corrected chi connectivity index (χ1v) is 5.55. The van der Waals surface area contributed by atoms with E-state index < -0.39 is 0 Å². The Bertz CT molecular complexity index is 348. The third-order valence-corrected chi connectivity index (χ3v) is 3.52. The van der Waals surface area contributed by atoms with Crippen LogP contribution in [0.3, 0.4) is 0 Å². The molecule has 1 fully saturated rings. The second kappa shape index (κ2) is 4.29. The molecular weight excluding hydrogens is 204 g/mol. The SMILES string of the molecule is COc1ccnc(OC)c1C1(CN)CCC1. The Balaban J connectivity index is 2.51. The largest absolute Gasteiger partial charge is 0.496 e. The van der Waals surface area contributed by atoms with Crippen LogP contribution in [-0.2, 0) is 5.41 Å². The molecule has 2 N–H and O–H groups in total. The maximum atomic E-state index is 5.91. The van der Waals surface area contributed by atoms with Gasteiger partial charge >= 0.3 is 0 Å². The lowest BCUT2D eigenvalue weighted by Crippen LogP contribution is -2.42. The Morgan fingerprint density at radius 2 is 2.12 bits per heavy atom. The van der Waals surface area contributed by atoms with Gasteiger partial charge in [0.25, 0.3) is 0 Å². The van der Waals surface area contributed by atoms with Gasteiger partial charge in [-0.3, -0.25) is 0 Å². The smallest absolute Gasteiger partial charge is 0.220 e. The van der Waals surface area contributed by atoms with Crippen molar-refractivity contribution in [3.8, 4) is 11.6 Å². The van der Waals surface area contributed by atoms with Gasteiger partial charge in [-0.2, -0.15) is 0 Å². The summed E-state index contributed by atoms with van der Waals surface area (Å²) in [5.74, 6) is 1.47. The Labute approximate surface area is 95.8 Å². The number of methoxy groups -OCH3 is 2. The zero-order chi connectivity index (χ0) is 11.6. The molecule has 0 aliphatic heterocycles. The summed E-state index contributed by atoms with van der Waals surface area (Å²) in [7, 11) is 3.30. The molecule has 0 unspecified atom stereocenters. The molecule has 0 aromatic carbocycles. The molecule has 0 radical (unpaired) electrons. The van der Waals surface area contributed by atoms with Crippen LogP contribution in [0.25, 0.3) is 0 Å². The average Bonchev–Trinajstić information content (AvgIpc) is 2.28. The summed E-state index contributed by atoms with van der Waals surface area (Å²) < 4.78 is 10.7. The van der Waals surface area contributed by atoms with Gasteiger partial charge in [0.1, 0.15) is 5.75 Å². The summed E-state index contributed by atoms with van der Waals surface area (Å²) in [6, 6.07) is 1.87. The molecule has 16 heavy (non-hydrogen) atoms. The standard InChI is InChI=1S/C12H18N2O2/c1-15-9-4-7-14-11(16-2)10(9)12(8-13)5-3-6-12/h4,7H,3,5-6,8,13H2,1-2H3.